The van der Waals surface area contributed by atoms with Crippen molar-refractivity contribution in [3.8, 4) is 5.75 Å². The van der Waals surface area contributed by atoms with Crippen LogP contribution in [0.4, 0.5) is 0 Å². The van der Waals surface area contributed by atoms with Crippen LogP contribution in [0.1, 0.15) is 58.2 Å². The van der Waals surface area contributed by atoms with E-state index >= 15 is 0 Å². The number of phenolic OH excluding ortho intramolecular Hbond substituents is 1. The van der Waals surface area contributed by atoms with Gasteiger partial charge in [-0.1, -0.05) is 86.6 Å². The van der Waals surface area contributed by atoms with Gasteiger partial charge in [0, 0.05) is 5.56 Å². The monoisotopic (exact) mass is 492 g/mol. The molecule has 0 aliphatic carbocycles. The molecule has 1 heterocycles. The molecule has 2 N–H and O–H groups in total. The lowest BCUT2D eigenvalue weighted by Gasteiger charge is -2.30. The summed E-state index contributed by atoms with van der Waals surface area (Å²) in [6.45, 7) is 3.90. The Morgan fingerprint density at radius 3 is 2.05 bits per heavy atom. The van der Waals surface area contributed by atoms with Gasteiger partial charge in [-0.15, -0.1) is 0 Å². The highest BCUT2D eigenvalue weighted by atomic mass is 16.3. The lowest BCUT2D eigenvalue weighted by Crippen LogP contribution is -2.51. The second-order valence-corrected chi connectivity index (χ2v) is 9.74. The highest BCUT2D eigenvalue weighted by Crippen LogP contribution is 2.36. The zero-order chi connectivity index (χ0) is 26.1. The van der Waals surface area contributed by atoms with Gasteiger partial charge in [0.05, 0.1) is 17.2 Å². The van der Waals surface area contributed by atoms with Crippen molar-refractivity contribution in [3.63, 3.8) is 0 Å². The van der Waals surface area contributed by atoms with Gasteiger partial charge in [0.1, 0.15) is 11.8 Å². The van der Waals surface area contributed by atoms with E-state index in [0.717, 1.165) is 21.2 Å². The first-order chi connectivity index (χ1) is 17.9. The number of hydrogen-bond donors (Lipinski definition) is 2. The average molecular weight is 493 g/mol. The molecule has 0 radical (unpaired) electrons. The SMILES string of the molecule is CC(C)C[C@@H](C(=O)N[C@@H](c1ccccc1)c1c(O)ccc2ccccc12)N1C(=O)c2ccccc2C1=O. The van der Waals surface area contributed by atoms with Crippen molar-refractivity contribution in [1.29, 1.82) is 0 Å². The fraction of sp³-hybridized carbons (Fsp3) is 0.194. The standard InChI is InChI=1S/C31H28N2O4/c1-19(2)18-25(33-30(36)23-14-8-9-15-24(23)31(33)37)29(35)32-28(21-11-4-3-5-12-21)27-22-13-7-6-10-20(22)16-17-26(27)34/h3-17,19,25,28,34H,18H2,1-2H3,(H,32,35)/t25-,28-/m0/s1. The van der Waals surface area contributed by atoms with Crippen LogP contribution in [0.2, 0.25) is 0 Å². The minimum atomic E-state index is -1.00. The molecule has 6 heteroatoms. The number of nitrogens with zero attached hydrogens (tertiary/aromatic N) is 1. The van der Waals surface area contributed by atoms with E-state index in [2.05, 4.69) is 5.32 Å². The predicted molar refractivity (Wildman–Crippen MR) is 142 cm³/mol. The molecule has 0 unspecified atom stereocenters. The minimum absolute atomic E-state index is 0.0428. The molecule has 1 aliphatic rings. The van der Waals surface area contributed by atoms with Gasteiger partial charge in [0.25, 0.3) is 11.8 Å². The molecule has 3 amide bonds. The van der Waals surface area contributed by atoms with Gasteiger partial charge >= 0.3 is 0 Å². The molecule has 2 atom stereocenters. The maximum atomic E-state index is 14.0. The minimum Gasteiger partial charge on any atom is -0.508 e. The Labute approximate surface area is 215 Å². The molecule has 0 saturated carbocycles. The summed E-state index contributed by atoms with van der Waals surface area (Å²) in [7, 11) is 0. The van der Waals surface area contributed by atoms with Gasteiger partial charge < -0.3 is 10.4 Å². The Morgan fingerprint density at radius 2 is 1.41 bits per heavy atom. The summed E-state index contributed by atoms with van der Waals surface area (Å²) in [6, 6.07) is 25.4. The molecule has 186 valence electrons. The largest absolute Gasteiger partial charge is 0.508 e. The van der Waals surface area contributed by atoms with E-state index in [4.69, 9.17) is 0 Å². The van der Waals surface area contributed by atoms with E-state index in [1.54, 1.807) is 30.3 Å². The molecule has 5 rings (SSSR count). The van der Waals surface area contributed by atoms with Gasteiger partial charge in [-0.05, 0) is 46.9 Å². The number of amides is 3. The van der Waals surface area contributed by atoms with Crippen LogP contribution in [0.25, 0.3) is 10.8 Å². The Balaban J connectivity index is 1.58. The van der Waals surface area contributed by atoms with Crippen LogP contribution in [-0.4, -0.2) is 33.8 Å². The third-order valence-electron chi connectivity index (χ3n) is 6.79. The zero-order valence-corrected chi connectivity index (χ0v) is 20.7. The first-order valence-corrected chi connectivity index (χ1v) is 12.4. The van der Waals surface area contributed by atoms with Crippen LogP contribution >= 0.6 is 0 Å². The number of benzene rings is 4. The Hall–Kier alpha value is -4.45. The van der Waals surface area contributed by atoms with Gasteiger partial charge in [-0.3, -0.25) is 19.3 Å². The number of aromatic hydroxyl groups is 1. The molecular weight excluding hydrogens is 464 g/mol. The molecule has 4 aromatic rings. The third-order valence-corrected chi connectivity index (χ3v) is 6.79. The molecule has 0 aromatic heterocycles. The van der Waals surface area contributed by atoms with Gasteiger partial charge in [0.15, 0.2) is 0 Å². The van der Waals surface area contributed by atoms with Crippen LogP contribution in [-0.2, 0) is 4.79 Å². The van der Waals surface area contributed by atoms with Crippen LogP contribution in [0, 0.1) is 5.92 Å². The number of imide groups is 1. The number of phenols is 1. The fourth-order valence-electron chi connectivity index (χ4n) is 5.06. The molecule has 0 saturated heterocycles. The molecule has 6 nitrogen and oxygen atoms in total. The first-order valence-electron chi connectivity index (χ1n) is 12.4. The van der Waals surface area contributed by atoms with Gasteiger partial charge in [-0.25, -0.2) is 0 Å². The van der Waals surface area contributed by atoms with Gasteiger partial charge in [0.2, 0.25) is 5.91 Å². The summed E-state index contributed by atoms with van der Waals surface area (Å²) in [5, 5.41) is 15.8. The number of fused-ring (bicyclic) bond motifs is 2. The Bertz CT molecular complexity index is 1460. The average Bonchev–Trinajstić information content (AvgIpc) is 3.16. The summed E-state index contributed by atoms with van der Waals surface area (Å²) in [5.41, 5.74) is 1.94. The maximum Gasteiger partial charge on any atom is 0.262 e. The normalized spacial score (nSPS) is 14.6. The van der Waals surface area contributed by atoms with E-state index in [1.807, 2.05) is 74.5 Å². The first kappa shape index (κ1) is 24.3. The number of rotatable bonds is 7. The molecule has 37 heavy (non-hydrogen) atoms. The number of carbonyl (C=O) groups excluding carboxylic acids is 3. The quantitative estimate of drug-likeness (QED) is 0.335. The number of hydrogen-bond acceptors (Lipinski definition) is 4. The highest BCUT2D eigenvalue weighted by Gasteiger charge is 2.43. The van der Waals surface area contributed by atoms with E-state index in [-0.39, 0.29) is 11.7 Å². The fourth-order valence-corrected chi connectivity index (χ4v) is 5.06. The van der Waals surface area contributed by atoms with Crippen molar-refractivity contribution < 1.29 is 19.5 Å². The lowest BCUT2D eigenvalue weighted by molar-refractivity contribution is -0.126. The predicted octanol–water partition coefficient (Wildman–Crippen LogP) is 5.46. The van der Waals surface area contributed by atoms with Crippen molar-refractivity contribution in [3.05, 3.63) is 113 Å². The summed E-state index contributed by atoms with van der Waals surface area (Å²) in [6.07, 6.45) is 0.306. The summed E-state index contributed by atoms with van der Waals surface area (Å²) in [5.74, 6) is -1.30. The number of carbonyl (C=O) groups is 3. The van der Waals surface area contributed by atoms with Crippen LogP contribution in [0.3, 0.4) is 0 Å². The van der Waals surface area contributed by atoms with Crippen molar-refractivity contribution >= 4 is 28.5 Å². The molecule has 0 bridgehead atoms. The smallest absolute Gasteiger partial charge is 0.262 e. The van der Waals surface area contributed by atoms with Crippen molar-refractivity contribution in [2.45, 2.75) is 32.4 Å². The van der Waals surface area contributed by atoms with E-state index in [0.29, 0.717) is 23.1 Å². The Kier molecular flexibility index (Phi) is 6.49. The second-order valence-electron chi connectivity index (χ2n) is 9.74. The second kappa shape index (κ2) is 9.90. The maximum absolute atomic E-state index is 14.0. The van der Waals surface area contributed by atoms with Crippen molar-refractivity contribution in [2.24, 2.45) is 5.92 Å². The van der Waals surface area contributed by atoms with Crippen LogP contribution < -0.4 is 5.32 Å². The molecule has 4 aromatic carbocycles. The lowest BCUT2D eigenvalue weighted by atomic mass is 9.92. The third kappa shape index (κ3) is 4.47. The van der Waals surface area contributed by atoms with Crippen LogP contribution in [0.15, 0.2) is 91.0 Å². The highest BCUT2D eigenvalue weighted by molar-refractivity contribution is 6.22. The molecule has 0 spiro atoms. The van der Waals surface area contributed by atoms with Crippen molar-refractivity contribution in [1.82, 2.24) is 10.2 Å². The van der Waals surface area contributed by atoms with Crippen LogP contribution in [0.5, 0.6) is 5.75 Å². The topological polar surface area (TPSA) is 86.7 Å². The zero-order valence-electron chi connectivity index (χ0n) is 20.7. The molecule has 1 aliphatic heterocycles. The van der Waals surface area contributed by atoms with Crippen molar-refractivity contribution in [2.75, 3.05) is 0 Å². The van der Waals surface area contributed by atoms with E-state index < -0.39 is 29.8 Å². The number of nitrogens with one attached hydrogen (secondary N) is 1. The summed E-state index contributed by atoms with van der Waals surface area (Å²) in [4.78, 5) is 41.6. The van der Waals surface area contributed by atoms with E-state index in [9.17, 15) is 19.5 Å². The van der Waals surface area contributed by atoms with E-state index in [1.165, 1.54) is 0 Å². The summed E-state index contributed by atoms with van der Waals surface area (Å²) < 4.78 is 0. The Morgan fingerprint density at radius 1 is 0.811 bits per heavy atom. The summed E-state index contributed by atoms with van der Waals surface area (Å²) >= 11 is 0. The molecular formula is C31H28N2O4. The molecule has 0 fully saturated rings. The van der Waals surface area contributed by atoms with Gasteiger partial charge in [-0.2, -0.15) is 0 Å².